The van der Waals surface area contributed by atoms with Gasteiger partial charge < -0.3 is 15.2 Å². The Morgan fingerprint density at radius 1 is 1.29 bits per heavy atom. The van der Waals surface area contributed by atoms with Crippen LogP contribution in [0.1, 0.15) is 42.4 Å². The minimum absolute atomic E-state index is 0.0689. The van der Waals surface area contributed by atoms with E-state index in [-0.39, 0.29) is 11.9 Å². The van der Waals surface area contributed by atoms with Gasteiger partial charge in [0.25, 0.3) is 5.91 Å². The number of aromatic nitrogens is 1. The Balaban J connectivity index is 1.98. The Morgan fingerprint density at radius 3 is 2.86 bits per heavy atom. The van der Waals surface area contributed by atoms with Crippen LogP contribution in [-0.4, -0.2) is 17.0 Å². The maximum atomic E-state index is 12.9. The van der Waals surface area contributed by atoms with Crippen molar-refractivity contribution in [3.63, 3.8) is 0 Å². The molecule has 3 rings (SSSR count). The van der Waals surface area contributed by atoms with Gasteiger partial charge in [0.2, 0.25) is 0 Å². The number of fused-ring (bicyclic) bond motifs is 1. The lowest BCUT2D eigenvalue weighted by atomic mass is 10.0. The highest BCUT2D eigenvalue weighted by Gasteiger charge is 2.25. The van der Waals surface area contributed by atoms with Gasteiger partial charge >= 0.3 is 0 Å². The third kappa shape index (κ3) is 2.42. The fourth-order valence-corrected chi connectivity index (χ4v) is 2.99. The second kappa shape index (κ2) is 5.28. The molecule has 1 amide bonds. The zero-order valence-electron chi connectivity index (χ0n) is 12.5. The molecule has 1 aliphatic rings. The molecule has 0 unspecified atom stereocenters. The predicted molar refractivity (Wildman–Crippen MR) is 85.7 cm³/mol. The van der Waals surface area contributed by atoms with Gasteiger partial charge in [-0.15, -0.1) is 0 Å². The molecule has 0 saturated carbocycles. The molecule has 2 aromatic rings. The summed E-state index contributed by atoms with van der Waals surface area (Å²) in [6, 6.07) is 9.91. The molecule has 2 N–H and O–H groups in total. The molecule has 0 saturated heterocycles. The number of nitrogens with two attached hydrogens (primary N) is 1. The number of benzene rings is 1. The molecule has 4 heteroatoms. The summed E-state index contributed by atoms with van der Waals surface area (Å²) < 4.78 is 2.02. The van der Waals surface area contributed by atoms with Gasteiger partial charge in [-0.1, -0.05) is 0 Å². The first-order valence-electron chi connectivity index (χ1n) is 7.45. The van der Waals surface area contributed by atoms with Gasteiger partial charge in [-0.2, -0.15) is 0 Å². The van der Waals surface area contributed by atoms with E-state index in [4.69, 9.17) is 5.73 Å². The summed E-state index contributed by atoms with van der Waals surface area (Å²) in [7, 11) is 0. The summed E-state index contributed by atoms with van der Waals surface area (Å²) in [4.78, 5) is 14.8. The van der Waals surface area contributed by atoms with Crippen LogP contribution in [0.3, 0.4) is 0 Å². The Morgan fingerprint density at radius 2 is 2.10 bits per heavy atom. The van der Waals surface area contributed by atoms with Crippen LogP contribution in [0, 0.1) is 0 Å². The second-order valence-electron chi connectivity index (χ2n) is 5.84. The zero-order valence-corrected chi connectivity index (χ0v) is 12.5. The zero-order chi connectivity index (χ0) is 15.0. The monoisotopic (exact) mass is 283 g/mol. The molecule has 1 aliphatic heterocycles. The average Bonchev–Trinajstić information content (AvgIpc) is 2.95. The topological polar surface area (TPSA) is 51.3 Å². The Kier molecular flexibility index (Phi) is 3.45. The van der Waals surface area contributed by atoms with Crippen molar-refractivity contribution in [2.45, 2.75) is 32.7 Å². The van der Waals surface area contributed by atoms with E-state index in [0.717, 1.165) is 42.0 Å². The van der Waals surface area contributed by atoms with Crippen LogP contribution in [0.4, 0.5) is 11.4 Å². The normalized spacial score (nSPS) is 14.3. The number of anilines is 2. The first kappa shape index (κ1) is 13.7. The highest BCUT2D eigenvalue weighted by atomic mass is 16.2. The first-order valence-corrected chi connectivity index (χ1v) is 7.45. The fraction of sp³-hybridized carbons (Fsp3) is 0.353. The number of aryl methyl sites for hydroxylation is 1. The predicted octanol–water partition coefficient (Wildman–Crippen LogP) is 3.24. The third-order valence-corrected chi connectivity index (χ3v) is 4.02. The molecule has 21 heavy (non-hydrogen) atoms. The van der Waals surface area contributed by atoms with Crippen molar-refractivity contribution in [3.8, 4) is 0 Å². The maximum Gasteiger partial charge on any atom is 0.274 e. The summed E-state index contributed by atoms with van der Waals surface area (Å²) >= 11 is 0. The van der Waals surface area contributed by atoms with Gasteiger partial charge in [-0.25, -0.2) is 0 Å². The molecule has 0 radical (unpaired) electrons. The van der Waals surface area contributed by atoms with Gasteiger partial charge in [0.05, 0.1) is 0 Å². The van der Waals surface area contributed by atoms with Crippen molar-refractivity contribution in [3.05, 3.63) is 47.8 Å². The number of amides is 1. The summed E-state index contributed by atoms with van der Waals surface area (Å²) in [5, 5.41) is 0. The van der Waals surface area contributed by atoms with Crippen LogP contribution in [0.2, 0.25) is 0 Å². The smallest absolute Gasteiger partial charge is 0.274 e. The van der Waals surface area contributed by atoms with Crippen LogP contribution in [0.25, 0.3) is 0 Å². The van der Waals surface area contributed by atoms with Gasteiger partial charge in [0.1, 0.15) is 5.69 Å². The largest absolute Gasteiger partial charge is 0.399 e. The molecule has 4 nitrogen and oxygen atoms in total. The Hall–Kier alpha value is -2.23. The fourth-order valence-electron chi connectivity index (χ4n) is 2.99. The highest BCUT2D eigenvalue weighted by Crippen LogP contribution is 2.30. The van der Waals surface area contributed by atoms with Crippen LogP contribution in [0.5, 0.6) is 0 Å². The van der Waals surface area contributed by atoms with E-state index in [2.05, 4.69) is 13.8 Å². The van der Waals surface area contributed by atoms with E-state index in [9.17, 15) is 4.79 Å². The SMILES string of the molecule is CC(C)n1cccc1C(=O)N1CCCc2cc(N)ccc21. The minimum Gasteiger partial charge on any atom is -0.399 e. The van der Waals surface area contributed by atoms with Crippen LogP contribution >= 0.6 is 0 Å². The molecule has 2 heterocycles. The number of hydrogen-bond acceptors (Lipinski definition) is 2. The van der Waals surface area contributed by atoms with E-state index in [1.807, 2.05) is 46.0 Å². The molecule has 0 atom stereocenters. The lowest BCUT2D eigenvalue weighted by Gasteiger charge is -2.30. The second-order valence-corrected chi connectivity index (χ2v) is 5.84. The van der Waals surface area contributed by atoms with E-state index in [1.165, 1.54) is 0 Å². The van der Waals surface area contributed by atoms with Gasteiger partial charge in [-0.3, -0.25) is 4.79 Å². The number of carbonyl (C=O) groups is 1. The van der Waals surface area contributed by atoms with E-state index in [1.54, 1.807) is 0 Å². The Bertz CT molecular complexity index is 672. The van der Waals surface area contributed by atoms with Crippen molar-refractivity contribution < 1.29 is 4.79 Å². The molecule has 0 fully saturated rings. The van der Waals surface area contributed by atoms with Crippen LogP contribution < -0.4 is 10.6 Å². The first-order chi connectivity index (χ1) is 10.1. The number of nitrogens with zero attached hydrogens (tertiary/aromatic N) is 2. The van der Waals surface area contributed by atoms with Crippen molar-refractivity contribution >= 4 is 17.3 Å². The summed E-state index contributed by atoms with van der Waals surface area (Å²) in [6.07, 6.45) is 3.92. The van der Waals surface area contributed by atoms with Crippen molar-refractivity contribution in [2.75, 3.05) is 17.2 Å². The lowest BCUT2D eigenvalue weighted by Crippen LogP contribution is -2.36. The molecule has 110 valence electrons. The number of carbonyl (C=O) groups excluding carboxylic acids is 1. The molecule has 0 spiro atoms. The summed E-state index contributed by atoms with van der Waals surface area (Å²) in [5.41, 5.74) is 9.52. The average molecular weight is 283 g/mol. The number of nitrogen functional groups attached to an aromatic ring is 1. The number of hydrogen-bond donors (Lipinski definition) is 1. The van der Waals surface area contributed by atoms with E-state index < -0.39 is 0 Å². The van der Waals surface area contributed by atoms with Crippen LogP contribution in [-0.2, 0) is 6.42 Å². The van der Waals surface area contributed by atoms with Gasteiger partial charge in [-0.05, 0) is 62.6 Å². The molecular weight excluding hydrogens is 262 g/mol. The molecule has 1 aromatic heterocycles. The third-order valence-electron chi connectivity index (χ3n) is 4.02. The van der Waals surface area contributed by atoms with Crippen molar-refractivity contribution in [1.29, 1.82) is 0 Å². The maximum absolute atomic E-state index is 12.9. The molecular formula is C17H21N3O. The summed E-state index contributed by atoms with van der Waals surface area (Å²) in [6.45, 7) is 4.93. The summed E-state index contributed by atoms with van der Waals surface area (Å²) in [5.74, 6) is 0.0689. The molecule has 0 bridgehead atoms. The molecule has 0 aliphatic carbocycles. The van der Waals surface area contributed by atoms with Crippen molar-refractivity contribution in [2.24, 2.45) is 0 Å². The van der Waals surface area contributed by atoms with E-state index in [0.29, 0.717) is 0 Å². The van der Waals surface area contributed by atoms with Crippen LogP contribution in [0.15, 0.2) is 36.5 Å². The quantitative estimate of drug-likeness (QED) is 0.860. The number of rotatable bonds is 2. The standard InChI is InChI=1S/C17H21N3O/c1-12(2)19-9-4-6-16(19)17(21)20-10-3-5-13-11-14(18)7-8-15(13)20/h4,6-9,11-12H,3,5,10,18H2,1-2H3. The van der Waals surface area contributed by atoms with Crippen molar-refractivity contribution in [1.82, 2.24) is 4.57 Å². The van der Waals surface area contributed by atoms with Gasteiger partial charge in [0.15, 0.2) is 0 Å². The van der Waals surface area contributed by atoms with Gasteiger partial charge in [0, 0.05) is 30.2 Å². The highest BCUT2D eigenvalue weighted by molar-refractivity contribution is 6.06. The van der Waals surface area contributed by atoms with E-state index >= 15 is 0 Å². The molecule has 1 aromatic carbocycles. The minimum atomic E-state index is 0.0689. The lowest BCUT2D eigenvalue weighted by molar-refractivity contribution is 0.0974. The Labute approximate surface area is 125 Å².